The summed E-state index contributed by atoms with van der Waals surface area (Å²) in [6, 6.07) is 1.83. The largest absolute Gasteiger partial charge is 0.206 e. The molecule has 0 N–H and O–H groups in total. The van der Waals surface area contributed by atoms with Crippen LogP contribution in [0.15, 0.2) is 21.1 Å². The van der Waals surface area contributed by atoms with Crippen LogP contribution in [0.4, 0.5) is 4.39 Å². The third-order valence-electron chi connectivity index (χ3n) is 1.31. The first-order valence-corrected chi connectivity index (χ1v) is 3.98. The van der Waals surface area contributed by atoms with Gasteiger partial charge in [0.05, 0.1) is 5.57 Å². The maximum Gasteiger partial charge on any atom is 0.137 e. The molecule has 10 heavy (non-hydrogen) atoms. The molecule has 0 aromatic carbocycles. The molecule has 0 bridgehead atoms. The highest BCUT2D eigenvalue weighted by molar-refractivity contribution is 14.1. The lowest BCUT2D eigenvalue weighted by Crippen LogP contribution is -1.90. The van der Waals surface area contributed by atoms with Gasteiger partial charge in [-0.2, -0.15) is 5.26 Å². The Labute approximate surface area is 72.4 Å². The Morgan fingerprint density at radius 2 is 2.40 bits per heavy atom. The van der Waals surface area contributed by atoms with Crippen LogP contribution in [0.25, 0.3) is 0 Å². The van der Waals surface area contributed by atoms with Crippen molar-refractivity contribution in [3.63, 3.8) is 0 Å². The third-order valence-corrected chi connectivity index (χ3v) is 2.39. The Hall–Kier alpha value is -0.370. The standard InChI is InChI=1S/C7H5FIN/c8-6-2-1-3-7(9)5(6)4-10/h2H,1,3H2. The predicted octanol–water partition coefficient (Wildman–Crippen LogP) is 2.85. The van der Waals surface area contributed by atoms with Gasteiger partial charge in [0.1, 0.15) is 11.9 Å². The summed E-state index contributed by atoms with van der Waals surface area (Å²) in [6.07, 6.45) is 2.98. The molecular formula is C7H5FIN. The molecular weight excluding hydrogens is 244 g/mol. The summed E-state index contributed by atoms with van der Waals surface area (Å²) in [5, 5.41) is 8.44. The van der Waals surface area contributed by atoms with Gasteiger partial charge in [-0.25, -0.2) is 4.39 Å². The van der Waals surface area contributed by atoms with Gasteiger partial charge in [0.25, 0.3) is 0 Å². The molecule has 0 fully saturated rings. The van der Waals surface area contributed by atoms with Gasteiger partial charge < -0.3 is 0 Å². The topological polar surface area (TPSA) is 23.8 Å². The van der Waals surface area contributed by atoms with Crippen molar-refractivity contribution in [1.82, 2.24) is 0 Å². The van der Waals surface area contributed by atoms with Crippen LogP contribution < -0.4 is 0 Å². The molecule has 1 rings (SSSR count). The minimum atomic E-state index is -0.363. The van der Waals surface area contributed by atoms with Crippen molar-refractivity contribution in [3.8, 4) is 6.07 Å². The Balaban J connectivity index is 3.01. The van der Waals surface area contributed by atoms with E-state index in [9.17, 15) is 4.39 Å². The molecule has 0 saturated heterocycles. The van der Waals surface area contributed by atoms with Crippen LogP contribution in [0, 0.1) is 11.3 Å². The SMILES string of the molecule is N#CC1=C(I)CCC=C1F. The monoisotopic (exact) mass is 249 g/mol. The molecule has 0 aliphatic heterocycles. The van der Waals surface area contributed by atoms with Gasteiger partial charge in [-0.15, -0.1) is 0 Å². The quantitative estimate of drug-likeness (QED) is 0.605. The fourth-order valence-corrected chi connectivity index (χ4v) is 1.49. The van der Waals surface area contributed by atoms with Gasteiger partial charge in [0.15, 0.2) is 0 Å². The summed E-state index contributed by atoms with van der Waals surface area (Å²) in [5.74, 6) is -0.363. The molecule has 0 amide bonds. The van der Waals surface area contributed by atoms with Crippen molar-refractivity contribution in [2.45, 2.75) is 12.8 Å². The average molecular weight is 249 g/mol. The highest BCUT2D eigenvalue weighted by Crippen LogP contribution is 2.29. The number of halogens is 2. The zero-order valence-corrected chi connectivity index (χ0v) is 7.35. The average Bonchev–Trinajstić information content (AvgIpc) is 1.88. The lowest BCUT2D eigenvalue weighted by atomic mass is 10.1. The van der Waals surface area contributed by atoms with Crippen LogP contribution in [0.3, 0.4) is 0 Å². The van der Waals surface area contributed by atoms with E-state index >= 15 is 0 Å². The molecule has 0 spiro atoms. The van der Waals surface area contributed by atoms with E-state index in [2.05, 4.69) is 0 Å². The normalized spacial score (nSPS) is 18.3. The second-order valence-corrected chi connectivity index (χ2v) is 3.28. The zero-order chi connectivity index (χ0) is 7.56. The van der Waals surface area contributed by atoms with E-state index in [0.717, 1.165) is 16.4 Å². The van der Waals surface area contributed by atoms with Gasteiger partial charge in [-0.05, 0) is 41.5 Å². The number of nitriles is 1. The molecule has 1 nitrogen and oxygen atoms in total. The van der Waals surface area contributed by atoms with E-state index in [1.54, 1.807) is 0 Å². The molecule has 0 atom stereocenters. The summed E-state index contributed by atoms with van der Waals surface area (Å²) in [5.41, 5.74) is 0.215. The second kappa shape index (κ2) is 3.15. The van der Waals surface area contributed by atoms with Crippen molar-refractivity contribution < 1.29 is 4.39 Å². The van der Waals surface area contributed by atoms with Gasteiger partial charge in [-0.1, -0.05) is 0 Å². The van der Waals surface area contributed by atoms with Gasteiger partial charge in [0.2, 0.25) is 0 Å². The number of hydrogen-bond acceptors (Lipinski definition) is 1. The fraction of sp³-hybridized carbons (Fsp3) is 0.286. The second-order valence-electron chi connectivity index (χ2n) is 1.98. The Bertz CT molecular complexity index is 247. The summed E-state index contributed by atoms with van der Waals surface area (Å²) in [4.78, 5) is 0. The minimum Gasteiger partial charge on any atom is -0.206 e. The highest BCUT2D eigenvalue weighted by atomic mass is 127. The first kappa shape index (κ1) is 7.73. The molecule has 0 radical (unpaired) electrons. The zero-order valence-electron chi connectivity index (χ0n) is 5.19. The summed E-state index contributed by atoms with van der Waals surface area (Å²) < 4.78 is 13.5. The molecule has 0 aromatic heterocycles. The van der Waals surface area contributed by atoms with Crippen LogP contribution in [0.2, 0.25) is 0 Å². The van der Waals surface area contributed by atoms with Crippen LogP contribution in [-0.2, 0) is 0 Å². The van der Waals surface area contributed by atoms with E-state index < -0.39 is 0 Å². The maximum atomic E-state index is 12.7. The van der Waals surface area contributed by atoms with Crippen molar-refractivity contribution in [3.05, 3.63) is 21.1 Å². The Kier molecular flexibility index (Phi) is 2.44. The van der Waals surface area contributed by atoms with Gasteiger partial charge >= 0.3 is 0 Å². The molecule has 3 heteroatoms. The summed E-state index contributed by atoms with van der Waals surface area (Å²) in [6.45, 7) is 0. The molecule has 52 valence electrons. The van der Waals surface area contributed by atoms with Crippen molar-refractivity contribution in [1.29, 1.82) is 5.26 Å². The fourth-order valence-electron chi connectivity index (χ4n) is 0.796. The van der Waals surface area contributed by atoms with Gasteiger partial charge in [0, 0.05) is 3.58 Å². The highest BCUT2D eigenvalue weighted by Gasteiger charge is 2.12. The van der Waals surface area contributed by atoms with Crippen molar-refractivity contribution in [2.24, 2.45) is 0 Å². The predicted molar refractivity (Wildman–Crippen MR) is 45.1 cm³/mol. The van der Waals surface area contributed by atoms with Crippen LogP contribution in [-0.4, -0.2) is 0 Å². The molecule has 0 unspecified atom stereocenters. The number of hydrogen-bond donors (Lipinski definition) is 0. The lowest BCUT2D eigenvalue weighted by molar-refractivity contribution is 0.642. The van der Waals surface area contributed by atoms with Crippen molar-refractivity contribution >= 4 is 22.6 Å². The molecule has 0 aromatic rings. The third kappa shape index (κ3) is 1.37. The minimum absolute atomic E-state index is 0.215. The van der Waals surface area contributed by atoms with E-state index in [4.69, 9.17) is 5.26 Å². The van der Waals surface area contributed by atoms with Crippen molar-refractivity contribution in [2.75, 3.05) is 0 Å². The van der Waals surface area contributed by atoms with E-state index in [-0.39, 0.29) is 11.4 Å². The van der Waals surface area contributed by atoms with E-state index in [1.807, 2.05) is 28.7 Å². The Morgan fingerprint density at radius 1 is 1.70 bits per heavy atom. The maximum absolute atomic E-state index is 12.7. The summed E-state index contributed by atoms with van der Waals surface area (Å²) in [7, 11) is 0. The van der Waals surface area contributed by atoms with Crippen LogP contribution in [0.1, 0.15) is 12.8 Å². The molecule has 0 heterocycles. The number of nitrogens with zero attached hydrogens (tertiary/aromatic N) is 1. The molecule has 1 aliphatic carbocycles. The number of rotatable bonds is 0. The van der Waals surface area contributed by atoms with Crippen LogP contribution in [0.5, 0.6) is 0 Å². The van der Waals surface area contributed by atoms with Crippen LogP contribution >= 0.6 is 22.6 Å². The number of allylic oxidation sites excluding steroid dienone is 4. The molecule has 0 saturated carbocycles. The summed E-state index contributed by atoms with van der Waals surface area (Å²) >= 11 is 2.01. The first-order valence-electron chi connectivity index (χ1n) is 2.90. The Morgan fingerprint density at radius 3 is 2.80 bits per heavy atom. The van der Waals surface area contributed by atoms with E-state index in [0.29, 0.717) is 0 Å². The first-order chi connectivity index (χ1) is 4.75. The lowest BCUT2D eigenvalue weighted by Gasteiger charge is -2.05. The molecule has 1 aliphatic rings. The van der Waals surface area contributed by atoms with Gasteiger partial charge in [-0.3, -0.25) is 0 Å². The van der Waals surface area contributed by atoms with E-state index in [1.165, 1.54) is 6.08 Å². The smallest absolute Gasteiger partial charge is 0.137 e.